The predicted molar refractivity (Wildman–Crippen MR) is 67.6 cm³/mol. The Bertz CT molecular complexity index is 333. The van der Waals surface area contributed by atoms with Crippen molar-refractivity contribution in [2.45, 2.75) is 12.5 Å². The Morgan fingerprint density at radius 1 is 1.28 bits per heavy atom. The molecule has 0 atom stereocenters. The second-order valence-electron chi connectivity index (χ2n) is 4.25. The number of halogens is 2. The lowest BCUT2D eigenvalue weighted by Gasteiger charge is -2.26. The van der Waals surface area contributed by atoms with E-state index < -0.39 is 12.5 Å². The van der Waals surface area contributed by atoms with E-state index in [-0.39, 0.29) is 6.54 Å². The first-order valence-corrected chi connectivity index (χ1v) is 5.90. The molecular formula is C13H20F2N2O. The summed E-state index contributed by atoms with van der Waals surface area (Å²) in [6.07, 6.45) is 0. The molecule has 0 saturated carbocycles. The van der Waals surface area contributed by atoms with Gasteiger partial charge in [-0.05, 0) is 5.56 Å². The number of methoxy groups -OCH3 is 1. The van der Waals surface area contributed by atoms with Crippen LogP contribution in [0.4, 0.5) is 8.78 Å². The van der Waals surface area contributed by atoms with Crippen molar-refractivity contribution in [3.8, 4) is 0 Å². The first-order chi connectivity index (χ1) is 8.57. The van der Waals surface area contributed by atoms with Gasteiger partial charge in [-0.25, -0.2) is 8.78 Å². The van der Waals surface area contributed by atoms with Gasteiger partial charge in [0.25, 0.3) is 5.92 Å². The summed E-state index contributed by atoms with van der Waals surface area (Å²) in [6.45, 7) is 0.376. The van der Waals surface area contributed by atoms with E-state index in [0.717, 1.165) is 5.56 Å². The molecule has 3 nitrogen and oxygen atoms in total. The average molecular weight is 258 g/mol. The van der Waals surface area contributed by atoms with E-state index in [1.807, 2.05) is 30.3 Å². The second-order valence-corrected chi connectivity index (χ2v) is 4.25. The lowest BCUT2D eigenvalue weighted by atomic mass is 10.2. The van der Waals surface area contributed by atoms with Gasteiger partial charge >= 0.3 is 0 Å². The van der Waals surface area contributed by atoms with Crippen LogP contribution in [-0.2, 0) is 11.3 Å². The van der Waals surface area contributed by atoms with Crippen molar-refractivity contribution in [1.82, 2.24) is 4.90 Å². The highest BCUT2D eigenvalue weighted by atomic mass is 19.3. The maximum atomic E-state index is 13.3. The molecule has 0 saturated heterocycles. The molecule has 0 bridgehead atoms. The molecule has 5 heteroatoms. The summed E-state index contributed by atoms with van der Waals surface area (Å²) < 4.78 is 31.6. The smallest absolute Gasteiger partial charge is 0.272 e. The molecular weight excluding hydrogens is 238 g/mol. The van der Waals surface area contributed by atoms with Crippen LogP contribution in [-0.4, -0.2) is 44.2 Å². The minimum atomic E-state index is -2.86. The van der Waals surface area contributed by atoms with Gasteiger partial charge in [-0.2, -0.15) is 0 Å². The van der Waals surface area contributed by atoms with Crippen molar-refractivity contribution in [1.29, 1.82) is 0 Å². The fraction of sp³-hybridized carbons (Fsp3) is 0.538. The highest BCUT2D eigenvalue weighted by molar-refractivity contribution is 5.14. The zero-order valence-corrected chi connectivity index (χ0v) is 10.6. The molecule has 0 fully saturated rings. The van der Waals surface area contributed by atoms with E-state index >= 15 is 0 Å². The van der Waals surface area contributed by atoms with Crippen LogP contribution in [0.1, 0.15) is 5.56 Å². The summed E-state index contributed by atoms with van der Waals surface area (Å²) in [7, 11) is 1.56. The summed E-state index contributed by atoms with van der Waals surface area (Å²) in [4.78, 5) is 1.66. The predicted octanol–water partition coefficient (Wildman–Crippen LogP) is 1.73. The molecule has 0 aliphatic rings. The summed E-state index contributed by atoms with van der Waals surface area (Å²) in [6, 6.07) is 9.52. The molecule has 0 heterocycles. The van der Waals surface area contributed by atoms with Crippen molar-refractivity contribution in [3.05, 3.63) is 35.9 Å². The number of hydrogen-bond donors (Lipinski definition) is 1. The van der Waals surface area contributed by atoms with Gasteiger partial charge in [-0.15, -0.1) is 0 Å². The largest absolute Gasteiger partial charge is 0.383 e. The average Bonchev–Trinajstić information content (AvgIpc) is 2.37. The normalized spacial score (nSPS) is 12.1. The quantitative estimate of drug-likeness (QED) is 0.771. The van der Waals surface area contributed by atoms with Crippen LogP contribution >= 0.6 is 0 Å². The van der Waals surface area contributed by atoms with Gasteiger partial charge in [0.15, 0.2) is 0 Å². The minimum absolute atomic E-state index is 0.345. The zero-order chi connectivity index (χ0) is 13.4. The number of alkyl halides is 2. The standard InChI is InChI=1S/C13H20F2N2O/c1-18-8-7-17(11-13(14,15)10-16)9-12-5-3-2-4-6-12/h2-6H,7-11,16H2,1H3. The summed E-state index contributed by atoms with van der Waals surface area (Å²) >= 11 is 0. The van der Waals surface area contributed by atoms with E-state index in [9.17, 15) is 8.78 Å². The molecule has 1 aromatic carbocycles. The van der Waals surface area contributed by atoms with Crippen LogP contribution < -0.4 is 5.73 Å². The van der Waals surface area contributed by atoms with Crippen molar-refractivity contribution in [2.75, 3.05) is 33.4 Å². The third-order valence-corrected chi connectivity index (χ3v) is 2.61. The SMILES string of the molecule is COCCN(Cc1ccccc1)CC(F)(F)CN. The molecule has 1 rings (SSSR count). The van der Waals surface area contributed by atoms with Gasteiger partial charge in [0.2, 0.25) is 0 Å². The van der Waals surface area contributed by atoms with Gasteiger partial charge in [0.1, 0.15) is 0 Å². The van der Waals surface area contributed by atoms with Crippen LogP contribution in [0.5, 0.6) is 0 Å². The highest BCUT2D eigenvalue weighted by Crippen LogP contribution is 2.15. The lowest BCUT2D eigenvalue weighted by Crippen LogP contribution is -2.42. The molecule has 0 aliphatic carbocycles. The molecule has 0 aliphatic heterocycles. The topological polar surface area (TPSA) is 38.5 Å². The number of rotatable bonds is 8. The summed E-state index contributed by atoms with van der Waals surface area (Å²) in [5.41, 5.74) is 6.07. The molecule has 0 unspecified atom stereocenters. The van der Waals surface area contributed by atoms with Crippen molar-refractivity contribution in [2.24, 2.45) is 5.73 Å². The van der Waals surface area contributed by atoms with E-state index in [0.29, 0.717) is 19.7 Å². The Morgan fingerprint density at radius 3 is 2.50 bits per heavy atom. The summed E-state index contributed by atoms with van der Waals surface area (Å²) in [5, 5.41) is 0. The molecule has 0 radical (unpaired) electrons. The van der Waals surface area contributed by atoms with Gasteiger partial charge in [0.05, 0.1) is 19.7 Å². The van der Waals surface area contributed by atoms with Gasteiger partial charge < -0.3 is 10.5 Å². The van der Waals surface area contributed by atoms with Crippen molar-refractivity contribution in [3.63, 3.8) is 0 Å². The monoisotopic (exact) mass is 258 g/mol. The van der Waals surface area contributed by atoms with Crippen molar-refractivity contribution < 1.29 is 13.5 Å². The van der Waals surface area contributed by atoms with E-state index in [1.165, 1.54) is 0 Å². The zero-order valence-electron chi connectivity index (χ0n) is 10.6. The molecule has 0 spiro atoms. The third-order valence-electron chi connectivity index (χ3n) is 2.61. The first kappa shape index (κ1) is 15.0. The van der Waals surface area contributed by atoms with Gasteiger partial charge in [-0.1, -0.05) is 30.3 Å². The minimum Gasteiger partial charge on any atom is -0.383 e. The molecule has 0 aromatic heterocycles. The molecule has 1 aromatic rings. The maximum Gasteiger partial charge on any atom is 0.272 e. The fourth-order valence-corrected chi connectivity index (χ4v) is 1.67. The number of nitrogens with two attached hydrogens (primary N) is 1. The van der Waals surface area contributed by atoms with E-state index in [4.69, 9.17) is 10.5 Å². The van der Waals surface area contributed by atoms with Gasteiger partial charge in [-0.3, -0.25) is 4.90 Å². The van der Waals surface area contributed by atoms with Crippen LogP contribution in [0.3, 0.4) is 0 Å². The highest BCUT2D eigenvalue weighted by Gasteiger charge is 2.29. The number of hydrogen-bond acceptors (Lipinski definition) is 3. The van der Waals surface area contributed by atoms with Crippen LogP contribution in [0.2, 0.25) is 0 Å². The Kier molecular flexibility index (Phi) is 6.18. The van der Waals surface area contributed by atoms with Gasteiger partial charge in [0, 0.05) is 20.2 Å². The van der Waals surface area contributed by atoms with Crippen LogP contribution in [0, 0.1) is 0 Å². The van der Waals surface area contributed by atoms with Crippen LogP contribution in [0.25, 0.3) is 0 Å². The Balaban J connectivity index is 2.60. The molecule has 18 heavy (non-hydrogen) atoms. The Hall–Kier alpha value is -1.04. The van der Waals surface area contributed by atoms with E-state index in [1.54, 1.807) is 12.0 Å². The number of benzene rings is 1. The second kappa shape index (κ2) is 7.41. The Morgan fingerprint density at radius 2 is 1.94 bits per heavy atom. The first-order valence-electron chi connectivity index (χ1n) is 5.90. The molecule has 2 N–H and O–H groups in total. The number of ether oxygens (including phenoxy) is 1. The molecule has 102 valence electrons. The van der Waals surface area contributed by atoms with Crippen molar-refractivity contribution >= 4 is 0 Å². The lowest BCUT2D eigenvalue weighted by molar-refractivity contribution is -0.0299. The summed E-state index contributed by atoms with van der Waals surface area (Å²) in [5.74, 6) is -2.86. The maximum absolute atomic E-state index is 13.3. The van der Waals surface area contributed by atoms with Crippen LogP contribution in [0.15, 0.2) is 30.3 Å². The fourth-order valence-electron chi connectivity index (χ4n) is 1.67. The van der Waals surface area contributed by atoms with E-state index in [2.05, 4.69) is 0 Å². The third kappa shape index (κ3) is 5.53. The molecule has 0 amide bonds. The number of nitrogens with zero attached hydrogens (tertiary/aromatic N) is 1. The Labute approximate surface area is 107 Å².